The van der Waals surface area contributed by atoms with Crippen LogP contribution in [0.2, 0.25) is 0 Å². The SMILES string of the molecule is CCC1CCCC1NCCN1CCN(C)CC1. The Morgan fingerprint density at radius 1 is 1.12 bits per heavy atom. The van der Waals surface area contributed by atoms with Crippen molar-refractivity contribution in [1.29, 1.82) is 0 Å². The topological polar surface area (TPSA) is 18.5 Å². The zero-order valence-electron chi connectivity index (χ0n) is 11.6. The largest absolute Gasteiger partial charge is 0.312 e. The lowest BCUT2D eigenvalue weighted by molar-refractivity contribution is 0.152. The molecule has 3 nitrogen and oxygen atoms in total. The highest BCUT2D eigenvalue weighted by molar-refractivity contribution is 4.82. The molecule has 0 aromatic carbocycles. The van der Waals surface area contributed by atoms with Crippen LogP contribution in [0.1, 0.15) is 32.6 Å². The van der Waals surface area contributed by atoms with Crippen LogP contribution in [0.25, 0.3) is 0 Å². The number of likely N-dealkylation sites (N-methyl/N-ethyl adjacent to an activating group) is 1. The summed E-state index contributed by atoms with van der Waals surface area (Å²) in [7, 11) is 2.22. The summed E-state index contributed by atoms with van der Waals surface area (Å²) >= 11 is 0. The lowest BCUT2D eigenvalue weighted by Crippen LogP contribution is -2.47. The van der Waals surface area contributed by atoms with Crippen molar-refractivity contribution in [1.82, 2.24) is 15.1 Å². The third-order valence-corrected chi connectivity index (χ3v) is 4.61. The van der Waals surface area contributed by atoms with E-state index in [4.69, 9.17) is 0 Å². The first kappa shape index (κ1) is 13.3. The number of piperazine rings is 1. The van der Waals surface area contributed by atoms with Gasteiger partial charge in [0.25, 0.3) is 0 Å². The van der Waals surface area contributed by atoms with Crippen LogP contribution in [0.5, 0.6) is 0 Å². The highest BCUT2D eigenvalue weighted by Crippen LogP contribution is 2.27. The van der Waals surface area contributed by atoms with Gasteiger partial charge in [0.05, 0.1) is 0 Å². The third-order valence-electron chi connectivity index (χ3n) is 4.61. The molecule has 2 fully saturated rings. The minimum absolute atomic E-state index is 0.812. The van der Waals surface area contributed by atoms with Crippen LogP contribution in [-0.4, -0.2) is 62.2 Å². The van der Waals surface area contributed by atoms with Crippen LogP contribution in [-0.2, 0) is 0 Å². The quantitative estimate of drug-likeness (QED) is 0.782. The number of rotatable bonds is 5. The fraction of sp³-hybridized carbons (Fsp3) is 1.00. The molecule has 2 rings (SSSR count). The zero-order valence-corrected chi connectivity index (χ0v) is 11.6. The Morgan fingerprint density at radius 3 is 2.59 bits per heavy atom. The van der Waals surface area contributed by atoms with Gasteiger partial charge in [-0.25, -0.2) is 0 Å². The van der Waals surface area contributed by atoms with E-state index in [1.165, 1.54) is 65.0 Å². The Bertz CT molecular complexity index is 212. The van der Waals surface area contributed by atoms with Gasteiger partial charge in [-0.2, -0.15) is 0 Å². The highest BCUT2D eigenvalue weighted by Gasteiger charge is 2.25. The average molecular weight is 239 g/mol. The molecule has 100 valence electrons. The van der Waals surface area contributed by atoms with Gasteiger partial charge in [0.2, 0.25) is 0 Å². The Labute approximate surface area is 107 Å². The minimum atomic E-state index is 0.812. The molecule has 0 radical (unpaired) electrons. The summed E-state index contributed by atoms with van der Waals surface area (Å²) in [5.74, 6) is 0.947. The Hall–Kier alpha value is -0.120. The Kier molecular flexibility index (Phi) is 5.26. The van der Waals surface area contributed by atoms with Crippen molar-refractivity contribution < 1.29 is 0 Å². The molecule has 2 atom stereocenters. The van der Waals surface area contributed by atoms with Gasteiger partial charge in [-0.3, -0.25) is 4.90 Å². The van der Waals surface area contributed by atoms with Crippen molar-refractivity contribution in [2.24, 2.45) is 5.92 Å². The van der Waals surface area contributed by atoms with Crippen LogP contribution < -0.4 is 5.32 Å². The average Bonchev–Trinajstić information content (AvgIpc) is 2.79. The predicted molar refractivity (Wildman–Crippen MR) is 73.4 cm³/mol. The Morgan fingerprint density at radius 2 is 1.88 bits per heavy atom. The van der Waals surface area contributed by atoms with E-state index in [1.807, 2.05) is 0 Å². The molecule has 17 heavy (non-hydrogen) atoms. The summed E-state index contributed by atoms with van der Waals surface area (Å²) in [6.45, 7) is 9.74. The van der Waals surface area contributed by atoms with E-state index >= 15 is 0 Å². The maximum absolute atomic E-state index is 3.79. The molecule has 1 aliphatic heterocycles. The van der Waals surface area contributed by atoms with Crippen LogP contribution in [0, 0.1) is 5.92 Å². The summed E-state index contributed by atoms with van der Waals surface area (Å²) in [4.78, 5) is 5.02. The van der Waals surface area contributed by atoms with Gasteiger partial charge in [0.1, 0.15) is 0 Å². The van der Waals surface area contributed by atoms with E-state index in [0.717, 1.165) is 12.0 Å². The normalized spacial score (nSPS) is 32.1. The van der Waals surface area contributed by atoms with E-state index in [1.54, 1.807) is 0 Å². The van der Waals surface area contributed by atoms with Crippen molar-refractivity contribution in [3.05, 3.63) is 0 Å². The molecule has 2 unspecified atom stereocenters. The fourth-order valence-corrected chi connectivity index (χ4v) is 3.27. The van der Waals surface area contributed by atoms with Gasteiger partial charge < -0.3 is 10.2 Å². The zero-order chi connectivity index (χ0) is 12.1. The molecule has 1 heterocycles. The van der Waals surface area contributed by atoms with Crippen LogP contribution in [0.3, 0.4) is 0 Å². The van der Waals surface area contributed by atoms with E-state index in [0.29, 0.717) is 0 Å². The molecule has 0 bridgehead atoms. The van der Waals surface area contributed by atoms with Gasteiger partial charge in [-0.1, -0.05) is 19.8 Å². The molecule has 3 heteroatoms. The molecule has 1 N–H and O–H groups in total. The summed E-state index contributed by atoms with van der Waals surface area (Å²) in [6.07, 6.45) is 5.64. The number of hydrogen-bond acceptors (Lipinski definition) is 3. The maximum Gasteiger partial charge on any atom is 0.0110 e. The van der Waals surface area contributed by atoms with Crippen LogP contribution in [0.4, 0.5) is 0 Å². The first-order valence-corrected chi connectivity index (χ1v) is 7.44. The molecule has 0 spiro atoms. The van der Waals surface area contributed by atoms with Crippen molar-refractivity contribution in [3.8, 4) is 0 Å². The van der Waals surface area contributed by atoms with Gasteiger partial charge >= 0.3 is 0 Å². The van der Waals surface area contributed by atoms with Gasteiger partial charge in [-0.05, 0) is 25.8 Å². The molecule has 0 aromatic rings. The first-order chi connectivity index (χ1) is 8.29. The summed E-state index contributed by atoms with van der Waals surface area (Å²) < 4.78 is 0. The number of nitrogens with zero attached hydrogens (tertiary/aromatic N) is 2. The van der Waals surface area contributed by atoms with Crippen LogP contribution >= 0.6 is 0 Å². The van der Waals surface area contributed by atoms with Crippen molar-refractivity contribution in [2.45, 2.75) is 38.6 Å². The second-order valence-corrected chi connectivity index (χ2v) is 5.80. The monoisotopic (exact) mass is 239 g/mol. The maximum atomic E-state index is 3.79. The van der Waals surface area contributed by atoms with Crippen molar-refractivity contribution >= 4 is 0 Å². The molecule has 0 amide bonds. The fourth-order valence-electron chi connectivity index (χ4n) is 3.27. The summed E-state index contributed by atoms with van der Waals surface area (Å²) in [5.41, 5.74) is 0. The van der Waals surface area contributed by atoms with E-state index in [-0.39, 0.29) is 0 Å². The molecular formula is C14H29N3. The molecule has 1 saturated heterocycles. The number of hydrogen-bond donors (Lipinski definition) is 1. The van der Waals surface area contributed by atoms with Crippen molar-refractivity contribution in [3.63, 3.8) is 0 Å². The van der Waals surface area contributed by atoms with Crippen LogP contribution in [0.15, 0.2) is 0 Å². The molecule has 1 aliphatic carbocycles. The van der Waals surface area contributed by atoms with E-state index in [9.17, 15) is 0 Å². The standard InChI is InChI=1S/C14H29N3/c1-3-13-5-4-6-14(13)15-7-8-17-11-9-16(2)10-12-17/h13-15H,3-12H2,1-2H3. The summed E-state index contributed by atoms with van der Waals surface area (Å²) in [6, 6.07) is 0.812. The van der Waals surface area contributed by atoms with Gasteiger partial charge in [0.15, 0.2) is 0 Å². The van der Waals surface area contributed by atoms with E-state index in [2.05, 4.69) is 29.1 Å². The lowest BCUT2D eigenvalue weighted by Gasteiger charge is -2.32. The summed E-state index contributed by atoms with van der Waals surface area (Å²) in [5, 5.41) is 3.79. The molecular weight excluding hydrogens is 210 g/mol. The smallest absolute Gasteiger partial charge is 0.0110 e. The second-order valence-electron chi connectivity index (χ2n) is 5.80. The first-order valence-electron chi connectivity index (χ1n) is 7.44. The van der Waals surface area contributed by atoms with Gasteiger partial charge in [0, 0.05) is 45.3 Å². The lowest BCUT2D eigenvalue weighted by atomic mass is 10.0. The minimum Gasteiger partial charge on any atom is -0.312 e. The molecule has 0 aromatic heterocycles. The highest BCUT2D eigenvalue weighted by atomic mass is 15.2. The molecule has 1 saturated carbocycles. The van der Waals surface area contributed by atoms with E-state index < -0.39 is 0 Å². The molecule has 2 aliphatic rings. The van der Waals surface area contributed by atoms with Gasteiger partial charge in [-0.15, -0.1) is 0 Å². The third kappa shape index (κ3) is 3.94. The number of nitrogens with one attached hydrogen (secondary N) is 1. The Balaban J connectivity index is 1.59. The van der Waals surface area contributed by atoms with Crippen molar-refractivity contribution in [2.75, 3.05) is 46.3 Å². The predicted octanol–water partition coefficient (Wildman–Crippen LogP) is 1.40. The second kappa shape index (κ2) is 6.72.